The molecule has 0 spiro atoms. The molecule has 0 radical (unpaired) electrons. The van der Waals surface area contributed by atoms with Crippen molar-refractivity contribution >= 4 is 42.4 Å². The van der Waals surface area contributed by atoms with Crippen molar-refractivity contribution in [1.29, 1.82) is 0 Å². The Hall–Kier alpha value is -4.48. The molecule has 7 aromatic rings. The molecule has 0 unspecified atom stereocenters. The van der Waals surface area contributed by atoms with Crippen LogP contribution in [0.5, 0.6) is 0 Å². The van der Waals surface area contributed by atoms with Gasteiger partial charge in [-0.15, -0.1) is 11.3 Å². The zero-order valence-electron chi connectivity index (χ0n) is 20.5. The maximum atomic E-state index is 12.9. The highest BCUT2D eigenvalue weighted by Gasteiger charge is 2.30. The summed E-state index contributed by atoms with van der Waals surface area (Å²) < 4.78 is 41.3. The molecule has 0 aliphatic heterocycles. The van der Waals surface area contributed by atoms with Gasteiger partial charge in [0.25, 0.3) is 0 Å². The Bertz CT molecular complexity index is 1990. The fourth-order valence-corrected chi connectivity index (χ4v) is 6.37. The molecule has 0 N–H and O–H groups in total. The van der Waals surface area contributed by atoms with Crippen LogP contribution in [0.1, 0.15) is 5.56 Å². The topological polar surface area (TPSA) is 12.9 Å². The lowest BCUT2D eigenvalue weighted by molar-refractivity contribution is -0.137. The molecule has 5 aromatic carbocycles. The molecule has 2 aromatic heterocycles. The van der Waals surface area contributed by atoms with Crippen molar-refractivity contribution in [1.82, 2.24) is 4.98 Å². The number of halogens is 3. The summed E-state index contributed by atoms with van der Waals surface area (Å²) in [6, 6.07) is 36.7. The SMILES string of the molecule is FC(F)(F)c1ccc(-c2ccc3cc(-c4ccc(-c5cccc6c5sc5ccccc56)cc4)cnc3c2)cc1. The van der Waals surface area contributed by atoms with Crippen LogP contribution in [0.4, 0.5) is 13.2 Å². The summed E-state index contributed by atoms with van der Waals surface area (Å²) in [5, 5.41) is 3.55. The lowest BCUT2D eigenvalue weighted by Gasteiger charge is -2.09. The molecule has 0 saturated heterocycles. The van der Waals surface area contributed by atoms with E-state index in [1.54, 1.807) is 0 Å². The number of nitrogens with zero attached hydrogens (tertiary/aromatic N) is 1. The van der Waals surface area contributed by atoms with E-state index in [2.05, 4.69) is 77.8 Å². The van der Waals surface area contributed by atoms with Gasteiger partial charge < -0.3 is 0 Å². The summed E-state index contributed by atoms with van der Waals surface area (Å²) in [6.07, 6.45) is -2.50. The molecule has 1 nitrogen and oxygen atoms in total. The third kappa shape index (κ3) is 4.25. The van der Waals surface area contributed by atoms with Crippen molar-refractivity contribution in [2.45, 2.75) is 6.18 Å². The van der Waals surface area contributed by atoms with Crippen LogP contribution in [-0.4, -0.2) is 4.98 Å². The van der Waals surface area contributed by atoms with Crippen LogP contribution in [0.15, 0.2) is 121 Å². The van der Waals surface area contributed by atoms with E-state index < -0.39 is 11.7 Å². The molecule has 2 heterocycles. The lowest BCUT2D eigenvalue weighted by Crippen LogP contribution is -2.03. The second-order valence-electron chi connectivity index (χ2n) is 9.56. The zero-order chi connectivity index (χ0) is 26.6. The van der Waals surface area contributed by atoms with Gasteiger partial charge in [0.2, 0.25) is 0 Å². The van der Waals surface area contributed by atoms with E-state index in [0.29, 0.717) is 0 Å². The summed E-state index contributed by atoms with van der Waals surface area (Å²) in [5.41, 5.74) is 6.18. The zero-order valence-corrected chi connectivity index (χ0v) is 21.4. The van der Waals surface area contributed by atoms with Crippen LogP contribution >= 0.6 is 11.3 Å². The molecule has 0 fully saturated rings. The van der Waals surface area contributed by atoms with Crippen LogP contribution in [0, 0.1) is 0 Å². The number of aromatic nitrogens is 1. The van der Waals surface area contributed by atoms with Gasteiger partial charge in [0.05, 0.1) is 11.1 Å². The highest BCUT2D eigenvalue weighted by molar-refractivity contribution is 7.26. The summed E-state index contributed by atoms with van der Waals surface area (Å²) >= 11 is 1.83. The summed E-state index contributed by atoms with van der Waals surface area (Å²) in [7, 11) is 0. The minimum absolute atomic E-state index is 0.652. The van der Waals surface area contributed by atoms with Gasteiger partial charge in [-0.1, -0.05) is 84.9 Å². The Labute approximate surface area is 226 Å². The van der Waals surface area contributed by atoms with Gasteiger partial charge in [0, 0.05) is 37.3 Å². The molecule has 0 amide bonds. The second-order valence-corrected chi connectivity index (χ2v) is 10.6. The lowest BCUT2D eigenvalue weighted by atomic mass is 9.98. The van der Waals surface area contributed by atoms with Crippen molar-refractivity contribution in [3.8, 4) is 33.4 Å². The third-order valence-corrected chi connectivity index (χ3v) is 8.38. The molecule has 0 bridgehead atoms. The summed E-state index contributed by atoms with van der Waals surface area (Å²) in [6.45, 7) is 0. The number of rotatable bonds is 3. The van der Waals surface area contributed by atoms with Crippen molar-refractivity contribution in [3.63, 3.8) is 0 Å². The Morgan fingerprint density at radius 2 is 1.23 bits per heavy atom. The van der Waals surface area contributed by atoms with Crippen LogP contribution < -0.4 is 0 Å². The molecular formula is C34H20F3NS. The minimum Gasteiger partial charge on any atom is -0.256 e. The first-order valence-electron chi connectivity index (χ1n) is 12.5. The van der Waals surface area contributed by atoms with E-state index in [4.69, 9.17) is 0 Å². The van der Waals surface area contributed by atoms with E-state index in [-0.39, 0.29) is 0 Å². The standard InChI is InChI=1S/C34H20F3NS/c35-34(36,37)27-16-14-21(15-17-27)24-12-13-25-18-26(20-38-31(25)19-24)22-8-10-23(11-9-22)28-5-3-6-30-29-4-1-2-7-32(29)39-33(28)30/h1-20H. The fraction of sp³-hybridized carbons (Fsp3) is 0.0294. The predicted octanol–water partition coefficient (Wildman–Crippen LogP) is 10.6. The van der Waals surface area contributed by atoms with Crippen LogP contribution in [0.25, 0.3) is 64.5 Å². The number of hydrogen-bond donors (Lipinski definition) is 0. The Morgan fingerprint density at radius 1 is 0.564 bits per heavy atom. The number of hydrogen-bond acceptors (Lipinski definition) is 2. The average Bonchev–Trinajstić information content (AvgIpc) is 3.35. The van der Waals surface area contributed by atoms with Crippen LogP contribution in [0.3, 0.4) is 0 Å². The number of thiophene rings is 1. The molecule has 0 saturated carbocycles. The quantitative estimate of drug-likeness (QED) is 0.221. The molecule has 5 heteroatoms. The molecule has 7 rings (SSSR count). The largest absolute Gasteiger partial charge is 0.416 e. The predicted molar refractivity (Wildman–Crippen MR) is 156 cm³/mol. The highest BCUT2D eigenvalue weighted by atomic mass is 32.1. The molecule has 188 valence electrons. The first-order valence-corrected chi connectivity index (χ1v) is 13.3. The maximum absolute atomic E-state index is 12.9. The number of fused-ring (bicyclic) bond motifs is 4. The van der Waals surface area contributed by atoms with E-state index in [9.17, 15) is 13.2 Å². The van der Waals surface area contributed by atoms with Gasteiger partial charge in [-0.05, 0) is 58.1 Å². The summed E-state index contributed by atoms with van der Waals surface area (Å²) in [4.78, 5) is 4.67. The smallest absolute Gasteiger partial charge is 0.256 e. The number of benzene rings is 5. The number of alkyl halides is 3. The molecule has 0 aliphatic carbocycles. The second kappa shape index (κ2) is 9.07. The van der Waals surface area contributed by atoms with Gasteiger partial charge in [0.15, 0.2) is 0 Å². The minimum atomic E-state index is -4.34. The Kier molecular flexibility index (Phi) is 5.49. The van der Waals surface area contributed by atoms with Gasteiger partial charge in [-0.3, -0.25) is 4.98 Å². The van der Waals surface area contributed by atoms with Crippen LogP contribution in [0.2, 0.25) is 0 Å². The first kappa shape index (κ1) is 23.6. The van der Waals surface area contributed by atoms with E-state index in [1.165, 1.54) is 43.4 Å². The summed E-state index contributed by atoms with van der Waals surface area (Å²) in [5.74, 6) is 0. The van der Waals surface area contributed by atoms with E-state index in [0.717, 1.165) is 45.3 Å². The van der Waals surface area contributed by atoms with E-state index >= 15 is 0 Å². The fourth-order valence-electron chi connectivity index (χ4n) is 5.13. The van der Waals surface area contributed by atoms with Gasteiger partial charge in [-0.25, -0.2) is 0 Å². The first-order chi connectivity index (χ1) is 18.9. The highest BCUT2D eigenvalue weighted by Crippen LogP contribution is 2.40. The van der Waals surface area contributed by atoms with Crippen molar-refractivity contribution in [2.75, 3.05) is 0 Å². The van der Waals surface area contributed by atoms with E-state index in [1.807, 2.05) is 35.7 Å². The normalized spacial score (nSPS) is 12.0. The molecule has 0 atom stereocenters. The molecule has 0 aliphatic rings. The maximum Gasteiger partial charge on any atom is 0.416 e. The number of pyridine rings is 1. The van der Waals surface area contributed by atoms with Crippen molar-refractivity contribution in [3.05, 3.63) is 127 Å². The van der Waals surface area contributed by atoms with Crippen molar-refractivity contribution < 1.29 is 13.2 Å². The Morgan fingerprint density at radius 3 is 2.03 bits per heavy atom. The monoisotopic (exact) mass is 531 g/mol. The molecular weight excluding hydrogens is 511 g/mol. The van der Waals surface area contributed by atoms with Gasteiger partial charge >= 0.3 is 6.18 Å². The van der Waals surface area contributed by atoms with Crippen LogP contribution in [-0.2, 0) is 6.18 Å². The molecule has 39 heavy (non-hydrogen) atoms. The Balaban J connectivity index is 1.19. The van der Waals surface area contributed by atoms with Crippen molar-refractivity contribution in [2.24, 2.45) is 0 Å². The van der Waals surface area contributed by atoms with Gasteiger partial charge in [0.1, 0.15) is 0 Å². The third-order valence-electron chi connectivity index (χ3n) is 7.16. The average molecular weight is 532 g/mol. The van der Waals surface area contributed by atoms with Gasteiger partial charge in [-0.2, -0.15) is 13.2 Å².